The Morgan fingerprint density at radius 3 is 3.00 bits per heavy atom. The number of hydrogen-bond donors (Lipinski definition) is 0. The van der Waals surface area contributed by atoms with Crippen molar-refractivity contribution in [1.82, 2.24) is 10.1 Å². The molecule has 0 spiro atoms. The number of fused-ring (bicyclic) bond motifs is 1. The first-order valence-corrected chi connectivity index (χ1v) is 8.68. The zero-order valence-electron chi connectivity index (χ0n) is 14.3. The lowest BCUT2D eigenvalue weighted by Crippen LogP contribution is -2.41. The van der Waals surface area contributed by atoms with Gasteiger partial charge in [0.2, 0.25) is 11.4 Å². The van der Waals surface area contributed by atoms with Gasteiger partial charge < -0.3 is 14.7 Å². The normalized spacial score (nSPS) is 23.4. The Morgan fingerprint density at radius 1 is 1.33 bits per heavy atom. The minimum absolute atomic E-state index is 0.0902. The van der Waals surface area contributed by atoms with Crippen LogP contribution in [0.5, 0.6) is 5.75 Å². The van der Waals surface area contributed by atoms with Gasteiger partial charge in [0.25, 0.3) is 0 Å². The highest BCUT2D eigenvalue weighted by molar-refractivity contribution is 5.60. The van der Waals surface area contributed by atoms with E-state index in [-0.39, 0.29) is 16.2 Å². The van der Waals surface area contributed by atoms with E-state index in [0.717, 1.165) is 38.6 Å². The third-order valence-electron chi connectivity index (χ3n) is 4.96. The van der Waals surface area contributed by atoms with Gasteiger partial charge in [-0.3, -0.25) is 9.53 Å². The van der Waals surface area contributed by atoms with Crippen molar-refractivity contribution in [2.75, 3.05) is 19.7 Å². The molecule has 3 heterocycles. The lowest BCUT2D eigenvalue weighted by molar-refractivity contribution is -0.793. The third-order valence-corrected chi connectivity index (χ3v) is 4.96. The van der Waals surface area contributed by atoms with Gasteiger partial charge in [0.1, 0.15) is 5.75 Å². The highest BCUT2D eigenvalue weighted by atomic mass is 19.4. The molecule has 0 bridgehead atoms. The van der Waals surface area contributed by atoms with E-state index in [1.165, 1.54) is 18.2 Å². The minimum Gasteiger partial charge on any atom is -0.406 e. The van der Waals surface area contributed by atoms with Crippen molar-refractivity contribution in [3.8, 4) is 17.0 Å². The minimum atomic E-state index is -4.81. The maximum Gasteiger partial charge on any atom is 0.573 e. The van der Waals surface area contributed by atoms with E-state index in [1.54, 1.807) is 0 Å². The molecule has 2 saturated heterocycles. The smallest absolute Gasteiger partial charge is 0.406 e. The van der Waals surface area contributed by atoms with Gasteiger partial charge in [-0.25, -0.2) is 0 Å². The summed E-state index contributed by atoms with van der Waals surface area (Å²) in [6.45, 7) is 2.77. The first-order valence-electron chi connectivity index (χ1n) is 8.68. The lowest BCUT2D eigenvalue weighted by atomic mass is 9.94. The molecule has 0 unspecified atom stereocenters. The summed E-state index contributed by atoms with van der Waals surface area (Å²) in [4.78, 5) is 2.38. The number of rotatable bonds is 4. The molecule has 0 aliphatic carbocycles. The fraction of sp³-hybridized carbons (Fsp3) is 0.529. The monoisotopic (exact) mass is 385 g/mol. The molecular formula is C17H18F3N3O4. The molecule has 4 rings (SSSR count). The van der Waals surface area contributed by atoms with Crippen LogP contribution in [-0.4, -0.2) is 42.2 Å². The summed E-state index contributed by atoms with van der Waals surface area (Å²) in [5, 5.41) is 15.9. The van der Waals surface area contributed by atoms with Gasteiger partial charge in [-0.1, -0.05) is 12.1 Å². The Hall–Kier alpha value is -2.33. The standard InChI is InChI=1S/C17H18F3N3O4/c18-17(19,20)26-13-3-1-2-11(8-13)16-14(21-27-23(16)24)10-22-6-4-15-12(9-22)5-7-25-15/h1-3,8,12,15H,4-7,9-10H2/t12-,15+/m1/s1. The number of nitrogens with zero attached hydrogens (tertiary/aromatic N) is 3. The highest BCUT2D eigenvalue weighted by Gasteiger charge is 2.35. The molecule has 27 heavy (non-hydrogen) atoms. The Morgan fingerprint density at radius 2 is 2.19 bits per heavy atom. The Kier molecular flexibility index (Phi) is 4.68. The summed E-state index contributed by atoms with van der Waals surface area (Å²) in [6, 6.07) is 5.22. The summed E-state index contributed by atoms with van der Waals surface area (Å²) in [5.74, 6) is 0.0491. The molecule has 10 heteroatoms. The van der Waals surface area contributed by atoms with E-state index >= 15 is 0 Å². The molecule has 2 aliphatic rings. The maximum atomic E-state index is 12.5. The second-order valence-corrected chi connectivity index (χ2v) is 6.78. The van der Waals surface area contributed by atoms with Crippen molar-refractivity contribution < 1.29 is 32.2 Å². The Labute approximate surface area is 152 Å². The summed E-state index contributed by atoms with van der Waals surface area (Å²) >= 11 is 0. The van der Waals surface area contributed by atoms with Crippen molar-refractivity contribution in [2.45, 2.75) is 31.9 Å². The molecule has 2 fully saturated rings. The van der Waals surface area contributed by atoms with Gasteiger partial charge in [0.05, 0.1) is 12.6 Å². The van der Waals surface area contributed by atoms with Crippen LogP contribution in [0.15, 0.2) is 28.9 Å². The predicted molar refractivity (Wildman–Crippen MR) is 85.3 cm³/mol. The van der Waals surface area contributed by atoms with Crippen LogP contribution in [0.25, 0.3) is 11.3 Å². The number of ether oxygens (including phenoxy) is 2. The second-order valence-electron chi connectivity index (χ2n) is 6.78. The number of piperidine rings is 1. The molecule has 146 valence electrons. The summed E-state index contributed by atoms with van der Waals surface area (Å²) < 4.78 is 51.7. The molecule has 7 nitrogen and oxygen atoms in total. The molecule has 1 aromatic heterocycles. The fourth-order valence-corrected chi connectivity index (χ4v) is 3.80. The van der Waals surface area contributed by atoms with Crippen LogP contribution < -0.4 is 9.64 Å². The zero-order valence-corrected chi connectivity index (χ0v) is 14.3. The zero-order chi connectivity index (χ0) is 19.0. The molecule has 2 aliphatic heterocycles. The molecule has 2 atom stereocenters. The van der Waals surface area contributed by atoms with E-state index in [9.17, 15) is 18.4 Å². The molecule has 0 saturated carbocycles. The molecule has 1 aromatic carbocycles. The van der Waals surface area contributed by atoms with Crippen molar-refractivity contribution in [1.29, 1.82) is 0 Å². The molecule has 2 aromatic rings. The number of halogens is 3. The second kappa shape index (κ2) is 7.01. The molecule has 0 N–H and O–H groups in total. The largest absolute Gasteiger partial charge is 0.573 e. The molecule has 0 radical (unpaired) electrons. The van der Waals surface area contributed by atoms with Crippen LogP contribution >= 0.6 is 0 Å². The van der Waals surface area contributed by atoms with Crippen molar-refractivity contribution in [2.24, 2.45) is 5.92 Å². The van der Waals surface area contributed by atoms with Gasteiger partial charge >= 0.3 is 6.36 Å². The Balaban J connectivity index is 1.54. The van der Waals surface area contributed by atoms with Gasteiger partial charge in [-0.05, 0) is 29.9 Å². The maximum absolute atomic E-state index is 12.5. The number of likely N-dealkylation sites (tertiary alicyclic amines) is 1. The molecule has 0 amide bonds. The van der Waals surface area contributed by atoms with Crippen LogP contribution in [0.3, 0.4) is 0 Å². The van der Waals surface area contributed by atoms with Crippen LogP contribution in [0, 0.1) is 11.1 Å². The first kappa shape index (κ1) is 18.1. The van der Waals surface area contributed by atoms with E-state index in [2.05, 4.69) is 14.8 Å². The Bertz CT molecular complexity index is 811. The third kappa shape index (κ3) is 4.01. The summed E-state index contributed by atoms with van der Waals surface area (Å²) in [5.41, 5.74) is 0.723. The number of benzene rings is 1. The van der Waals surface area contributed by atoms with Gasteiger partial charge in [-0.15, -0.1) is 13.2 Å². The van der Waals surface area contributed by atoms with Crippen LogP contribution in [0.1, 0.15) is 18.5 Å². The number of hydrogen-bond acceptors (Lipinski definition) is 6. The lowest BCUT2D eigenvalue weighted by Gasteiger charge is -2.33. The molecular weight excluding hydrogens is 367 g/mol. The van der Waals surface area contributed by atoms with Crippen molar-refractivity contribution in [3.05, 3.63) is 35.2 Å². The fourth-order valence-electron chi connectivity index (χ4n) is 3.80. The topological polar surface area (TPSA) is 74.7 Å². The average Bonchev–Trinajstić information content (AvgIpc) is 3.20. The number of aromatic nitrogens is 2. The average molecular weight is 385 g/mol. The van der Waals surface area contributed by atoms with Crippen molar-refractivity contribution in [3.63, 3.8) is 0 Å². The van der Waals surface area contributed by atoms with E-state index in [1.807, 2.05) is 0 Å². The van der Waals surface area contributed by atoms with E-state index in [4.69, 9.17) is 9.37 Å². The van der Waals surface area contributed by atoms with Gasteiger partial charge in [0, 0.05) is 36.3 Å². The van der Waals surface area contributed by atoms with Crippen LogP contribution in [0.2, 0.25) is 0 Å². The summed E-state index contributed by atoms with van der Waals surface area (Å²) in [7, 11) is 0. The van der Waals surface area contributed by atoms with Gasteiger partial charge in [-0.2, -0.15) is 0 Å². The number of alkyl halides is 3. The highest BCUT2D eigenvalue weighted by Crippen LogP contribution is 2.31. The van der Waals surface area contributed by atoms with Crippen LogP contribution in [0.4, 0.5) is 13.2 Å². The van der Waals surface area contributed by atoms with Crippen LogP contribution in [-0.2, 0) is 11.3 Å². The van der Waals surface area contributed by atoms with Crippen molar-refractivity contribution >= 4 is 0 Å². The predicted octanol–water partition coefficient (Wildman–Crippen LogP) is 2.48. The quantitative estimate of drug-likeness (QED) is 0.753. The van der Waals surface area contributed by atoms with E-state index in [0.29, 0.717) is 24.3 Å². The van der Waals surface area contributed by atoms with Gasteiger partial charge in [0.15, 0.2) is 0 Å². The first-order chi connectivity index (χ1) is 12.9. The van der Waals surface area contributed by atoms with E-state index < -0.39 is 12.1 Å². The SMILES string of the molecule is [O-][n+]1onc(CN2CC[C@@H]3OCC[C@@H]3C2)c1-c1cccc(OC(F)(F)F)c1. The summed E-state index contributed by atoms with van der Waals surface area (Å²) in [6.07, 6.45) is -2.61.